The fourth-order valence-corrected chi connectivity index (χ4v) is 0. The zero-order valence-corrected chi connectivity index (χ0v) is 5.01. The molecule has 0 spiro atoms. The van der Waals surface area contributed by atoms with E-state index >= 15 is 0 Å². The summed E-state index contributed by atoms with van der Waals surface area (Å²) in [5, 5.41) is 6.75. The summed E-state index contributed by atoms with van der Waals surface area (Å²) in [5.74, 6) is 2.25. The lowest BCUT2D eigenvalue weighted by molar-refractivity contribution is -0.670. The van der Waals surface area contributed by atoms with Gasteiger partial charge in [0.15, 0.2) is 0 Å². The molecule has 0 saturated carbocycles. The van der Waals surface area contributed by atoms with Gasteiger partial charge in [-0.05, 0) is 0 Å². The van der Waals surface area contributed by atoms with Crippen molar-refractivity contribution in [2.45, 2.75) is 0 Å². The Morgan fingerprint density at radius 3 is 1.75 bits per heavy atom. The third-order valence-electron chi connectivity index (χ3n) is 0.204. The van der Waals surface area contributed by atoms with Gasteiger partial charge in [-0.2, -0.15) is 0 Å². The first kappa shape index (κ1) is 10.7. The predicted octanol–water partition coefficient (Wildman–Crippen LogP) is -2.29. The first-order valence-electron chi connectivity index (χ1n) is 1.39. The van der Waals surface area contributed by atoms with E-state index in [0.717, 1.165) is 7.11 Å². The Morgan fingerprint density at radius 1 is 1.62 bits per heavy atom. The van der Waals surface area contributed by atoms with Crippen LogP contribution in [-0.2, 0) is 14.6 Å². The van der Waals surface area contributed by atoms with Crippen molar-refractivity contribution in [3.8, 4) is 0 Å². The summed E-state index contributed by atoms with van der Waals surface area (Å²) >= 11 is 0. The third-order valence-corrected chi connectivity index (χ3v) is 0.612. The fourth-order valence-electron chi connectivity index (χ4n) is 0. The minimum Gasteiger partial charge on any atom is -0.726 e. The number of hydrogen-bond donors (Lipinski definition) is 2. The monoisotopic (exact) mass is 145 g/mol. The molecule has 0 amide bonds. The van der Waals surface area contributed by atoms with E-state index < -0.39 is 10.4 Å². The van der Waals surface area contributed by atoms with Gasteiger partial charge >= 0.3 is 0 Å². The Labute approximate surface area is 46.8 Å². The van der Waals surface area contributed by atoms with Crippen LogP contribution in [-0.4, -0.2) is 25.3 Å². The van der Waals surface area contributed by atoms with Crippen molar-refractivity contribution in [2.24, 2.45) is 0 Å². The van der Waals surface area contributed by atoms with Gasteiger partial charge in [-0.3, -0.25) is 4.18 Å². The molecule has 0 unspecified atom stereocenters. The SMILES string of the molecule is COS(=O)(=O)[O-].[NH3+]O. The number of rotatable bonds is 1. The molecule has 0 fully saturated rings. The largest absolute Gasteiger partial charge is 0.726 e. The highest BCUT2D eigenvalue weighted by molar-refractivity contribution is 7.80. The lowest BCUT2D eigenvalue weighted by atomic mass is 11.8. The minimum atomic E-state index is -4.41. The van der Waals surface area contributed by atoms with Crippen LogP contribution in [0.3, 0.4) is 0 Å². The Kier molecular flexibility index (Phi) is 6.61. The number of quaternary nitrogens is 1. The maximum absolute atomic E-state index is 9.22. The van der Waals surface area contributed by atoms with Crippen molar-refractivity contribution in [1.29, 1.82) is 0 Å². The van der Waals surface area contributed by atoms with Crippen LogP contribution in [0, 0.1) is 0 Å². The Bertz CT molecular complexity index is 114. The molecular formula is CH7NO5S. The highest BCUT2D eigenvalue weighted by Crippen LogP contribution is 1.74. The van der Waals surface area contributed by atoms with E-state index in [-0.39, 0.29) is 0 Å². The summed E-state index contributed by atoms with van der Waals surface area (Å²) in [4.78, 5) is 0. The predicted molar refractivity (Wildman–Crippen MR) is 21.4 cm³/mol. The molecule has 0 atom stereocenters. The van der Waals surface area contributed by atoms with Crippen LogP contribution in [0.1, 0.15) is 0 Å². The molecule has 0 aliphatic heterocycles. The molecule has 0 aromatic carbocycles. The van der Waals surface area contributed by atoms with Gasteiger partial charge in [-0.1, -0.05) is 0 Å². The van der Waals surface area contributed by atoms with Gasteiger partial charge in [0.25, 0.3) is 0 Å². The zero-order chi connectivity index (χ0) is 7.21. The van der Waals surface area contributed by atoms with E-state index in [1.165, 1.54) is 0 Å². The molecule has 6 nitrogen and oxygen atoms in total. The zero-order valence-electron chi connectivity index (χ0n) is 4.20. The summed E-state index contributed by atoms with van der Waals surface area (Å²) < 4.78 is 31.0. The Balaban J connectivity index is 0. The molecule has 0 aromatic heterocycles. The standard InChI is InChI=1S/CH4O4S.H4NO/c1-5-6(2,3)4;1-2/h1H3,(H,2,3,4);2H,1H3/q;+1/p-1. The van der Waals surface area contributed by atoms with E-state index in [2.05, 4.69) is 10.1 Å². The molecule has 4 N–H and O–H groups in total. The second-order valence-corrected chi connectivity index (χ2v) is 1.72. The van der Waals surface area contributed by atoms with Crippen molar-refractivity contribution in [2.75, 3.05) is 7.11 Å². The molecule has 0 radical (unpaired) electrons. The molecule has 52 valence electrons. The van der Waals surface area contributed by atoms with Crippen LogP contribution in [0.15, 0.2) is 0 Å². The van der Waals surface area contributed by atoms with Crippen LogP contribution in [0.2, 0.25) is 0 Å². The molecule has 7 heteroatoms. The Hall–Kier alpha value is -0.210. The molecule has 0 aliphatic carbocycles. The fraction of sp³-hybridized carbons (Fsp3) is 1.00. The molecule has 0 rings (SSSR count). The minimum absolute atomic E-state index is 0.808. The van der Waals surface area contributed by atoms with E-state index in [9.17, 15) is 13.0 Å². The van der Waals surface area contributed by atoms with Gasteiger partial charge in [-0.25, -0.2) is 19.5 Å². The summed E-state index contributed by atoms with van der Waals surface area (Å²) in [6.07, 6.45) is 0. The molecule has 0 saturated heterocycles. The first-order valence-corrected chi connectivity index (χ1v) is 2.72. The average molecular weight is 145 g/mol. The average Bonchev–Trinajstić information content (AvgIpc) is 1.71. The van der Waals surface area contributed by atoms with Crippen molar-refractivity contribution in [1.82, 2.24) is 0 Å². The van der Waals surface area contributed by atoms with E-state index in [1.54, 1.807) is 0 Å². The van der Waals surface area contributed by atoms with Gasteiger partial charge in [0, 0.05) is 0 Å². The normalized spacial score (nSPS) is 9.50. The topological polar surface area (TPSA) is 114 Å². The lowest BCUT2D eigenvalue weighted by Gasteiger charge is -1.98. The van der Waals surface area contributed by atoms with E-state index in [0.29, 0.717) is 0 Å². The van der Waals surface area contributed by atoms with Crippen LogP contribution in [0.5, 0.6) is 0 Å². The molecule has 0 aromatic rings. The summed E-state index contributed by atoms with van der Waals surface area (Å²) in [6.45, 7) is 0. The van der Waals surface area contributed by atoms with Gasteiger partial charge in [0.1, 0.15) is 0 Å². The van der Waals surface area contributed by atoms with Crippen LogP contribution < -0.4 is 5.90 Å². The summed E-state index contributed by atoms with van der Waals surface area (Å²) in [5.41, 5.74) is 0. The van der Waals surface area contributed by atoms with Crippen LogP contribution in [0.4, 0.5) is 0 Å². The maximum atomic E-state index is 9.22. The highest BCUT2D eigenvalue weighted by Gasteiger charge is 1.79. The second-order valence-electron chi connectivity index (χ2n) is 0.575. The van der Waals surface area contributed by atoms with Gasteiger partial charge in [-0.15, -0.1) is 0 Å². The highest BCUT2D eigenvalue weighted by atomic mass is 32.3. The van der Waals surface area contributed by atoms with Crippen LogP contribution in [0.25, 0.3) is 0 Å². The molecule has 0 bridgehead atoms. The van der Waals surface area contributed by atoms with Crippen molar-refractivity contribution >= 4 is 10.4 Å². The quantitative estimate of drug-likeness (QED) is 0.245. The maximum Gasteiger partial charge on any atom is 0.217 e. The Morgan fingerprint density at radius 2 is 1.75 bits per heavy atom. The number of hydrogen-bond acceptors (Lipinski definition) is 5. The summed E-state index contributed by atoms with van der Waals surface area (Å²) in [6, 6.07) is 0. The van der Waals surface area contributed by atoms with Crippen molar-refractivity contribution < 1.29 is 28.3 Å². The molecular weight excluding hydrogens is 138 g/mol. The third kappa shape index (κ3) is 17.1. The van der Waals surface area contributed by atoms with Gasteiger partial charge in [0.2, 0.25) is 10.4 Å². The van der Waals surface area contributed by atoms with Gasteiger partial charge < -0.3 is 4.55 Å². The van der Waals surface area contributed by atoms with E-state index in [1.807, 2.05) is 0 Å². The second kappa shape index (κ2) is 4.94. The van der Waals surface area contributed by atoms with E-state index in [4.69, 9.17) is 5.21 Å². The molecule has 0 aliphatic rings. The van der Waals surface area contributed by atoms with Crippen molar-refractivity contribution in [3.05, 3.63) is 0 Å². The van der Waals surface area contributed by atoms with Crippen LogP contribution >= 0.6 is 0 Å². The molecule has 8 heavy (non-hydrogen) atoms. The molecule has 0 heterocycles. The summed E-state index contributed by atoms with van der Waals surface area (Å²) in [7, 11) is -3.60. The smallest absolute Gasteiger partial charge is 0.217 e. The lowest BCUT2D eigenvalue weighted by Crippen LogP contribution is -2.42. The first-order chi connectivity index (χ1) is 3.56. The van der Waals surface area contributed by atoms with Crippen molar-refractivity contribution in [3.63, 3.8) is 0 Å². The van der Waals surface area contributed by atoms with Gasteiger partial charge in [0.05, 0.1) is 7.11 Å².